The minimum Gasteiger partial charge on any atom is -0.344 e. The Hall–Kier alpha value is -2.20. The van der Waals surface area contributed by atoms with Gasteiger partial charge < -0.3 is 4.57 Å². The molecular formula is C19H23N5O3S2. The Kier molecular flexibility index (Phi) is 5.02. The molecule has 3 aromatic heterocycles. The minimum absolute atomic E-state index is 0.0186. The molecule has 4 rings (SSSR count). The van der Waals surface area contributed by atoms with Crippen LogP contribution < -0.4 is 0 Å². The third-order valence-corrected chi connectivity index (χ3v) is 7.88. The number of hydrogen-bond acceptors (Lipinski definition) is 7. The van der Waals surface area contributed by atoms with Gasteiger partial charge in [-0.15, -0.1) is 5.10 Å². The fraction of sp³-hybridized carbons (Fsp3) is 0.474. The SMILES string of the molecule is Cc1cc(C)n2nc(SCC(=O)c3cc(C)n([C@@H]4CCS(=O)(=O)C4)c3C)nc2n1. The van der Waals surface area contributed by atoms with E-state index in [0.29, 0.717) is 22.9 Å². The standard InChI is InChI=1S/C19H23N5O3S2/c1-11-7-13(3)24-18(20-11)21-19(22-24)28-9-17(25)16-8-12(2)23(14(16)4)15-5-6-29(26,27)10-15/h7-8,15H,5-6,9-10H2,1-4H3/t15-/m1/s1. The molecule has 0 bridgehead atoms. The molecule has 10 heteroatoms. The maximum absolute atomic E-state index is 12.9. The van der Waals surface area contributed by atoms with Crippen molar-refractivity contribution in [2.24, 2.45) is 0 Å². The molecule has 1 aliphatic rings. The first-order valence-electron chi connectivity index (χ1n) is 9.40. The number of sulfone groups is 1. The van der Waals surface area contributed by atoms with Crippen LogP contribution in [0.1, 0.15) is 45.6 Å². The van der Waals surface area contributed by atoms with E-state index < -0.39 is 9.84 Å². The molecule has 29 heavy (non-hydrogen) atoms. The molecule has 1 saturated heterocycles. The van der Waals surface area contributed by atoms with E-state index in [2.05, 4.69) is 15.1 Å². The average Bonchev–Trinajstić information content (AvgIpc) is 3.28. The van der Waals surface area contributed by atoms with Crippen molar-refractivity contribution in [2.45, 2.75) is 45.3 Å². The lowest BCUT2D eigenvalue weighted by Gasteiger charge is -2.16. The van der Waals surface area contributed by atoms with Crippen LogP contribution in [-0.2, 0) is 9.84 Å². The molecule has 0 spiro atoms. The van der Waals surface area contributed by atoms with E-state index in [-0.39, 0.29) is 29.1 Å². The first-order valence-corrected chi connectivity index (χ1v) is 12.2. The Balaban J connectivity index is 1.52. The van der Waals surface area contributed by atoms with E-state index in [9.17, 15) is 13.2 Å². The Morgan fingerprint density at radius 2 is 1.93 bits per heavy atom. The second-order valence-corrected chi connectivity index (χ2v) is 10.7. The van der Waals surface area contributed by atoms with Crippen molar-refractivity contribution in [1.29, 1.82) is 0 Å². The fourth-order valence-electron chi connectivity index (χ4n) is 4.02. The number of rotatable bonds is 5. The molecule has 0 unspecified atom stereocenters. The number of thioether (sulfide) groups is 1. The van der Waals surface area contributed by atoms with E-state index in [0.717, 1.165) is 22.8 Å². The molecule has 0 radical (unpaired) electrons. The summed E-state index contributed by atoms with van der Waals surface area (Å²) in [7, 11) is -2.99. The molecular weight excluding hydrogens is 410 g/mol. The van der Waals surface area contributed by atoms with Crippen LogP contribution in [0, 0.1) is 27.7 Å². The van der Waals surface area contributed by atoms with Crippen LogP contribution >= 0.6 is 11.8 Å². The van der Waals surface area contributed by atoms with Crippen LogP contribution in [0.15, 0.2) is 17.3 Å². The summed E-state index contributed by atoms with van der Waals surface area (Å²) in [6, 6.07) is 3.70. The zero-order valence-corrected chi connectivity index (χ0v) is 18.5. The van der Waals surface area contributed by atoms with Crippen LogP contribution in [0.4, 0.5) is 0 Å². The summed E-state index contributed by atoms with van der Waals surface area (Å²) in [5.41, 5.74) is 4.18. The van der Waals surface area contributed by atoms with Gasteiger partial charge in [0.2, 0.25) is 5.16 Å². The lowest BCUT2D eigenvalue weighted by molar-refractivity contribution is 0.102. The Morgan fingerprint density at radius 3 is 2.62 bits per heavy atom. The highest BCUT2D eigenvalue weighted by molar-refractivity contribution is 7.99. The monoisotopic (exact) mass is 433 g/mol. The van der Waals surface area contributed by atoms with Crippen molar-refractivity contribution in [1.82, 2.24) is 24.1 Å². The van der Waals surface area contributed by atoms with Gasteiger partial charge >= 0.3 is 0 Å². The lowest BCUT2D eigenvalue weighted by Crippen LogP contribution is -2.14. The maximum Gasteiger partial charge on any atom is 0.253 e. The number of ketones is 1. The number of hydrogen-bond donors (Lipinski definition) is 0. The van der Waals surface area contributed by atoms with Gasteiger partial charge in [-0.25, -0.2) is 17.9 Å². The number of aromatic nitrogens is 5. The number of nitrogens with zero attached hydrogens (tertiary/aromatic N) is 5. The first-order chi connectivity index (χ1) is 13.6. The Morgan fingerprint density at radius 1 is 1.17 bits per heavy atom. The molecule has 0 saturated carbocycles. The molecule has 0 aromatic carbocycles. The van der Waals surface area contributed by atoms with Gasteiger partial charge in [0.05, 0.1) is 17.3 Å². The molecule has 8 nitrogen and oxygen atoms in total. The third kappa shape index (κ3) is 3.83. The van der Waals surface area contributed by atoms with Crippen molar-refractivity contribution in [2.75, 3.05) is 17.3 Å². The summed E-state index contributed by atoms with van der Waals surface area (Å²) in [5, 5.41) is 4.93. The highest BCUT2D eigenvalue weighted by Gasteiger charge is 2.31. The predicted octanol–water partition coefficient (Wildman–Crippen LogP) is 2.49. The molecule has 3 aromatic rings. The number of carbonyl (C=O) groups is 1. The van der Waals surface area contributed by atoms with E-state index >= 15 is 0 Å². The maximum atomic E-state index is 12.9. The highest BCUT2D eigenvalue weighted by atomic mass is 32.2. The summed E-state index contributed by atoms with van der Waals surface area (Å²) in [6.45, 7) is 7.65. The molecule has 154 valence electrons. The van der Waals surface area contributed by atoms with E-state index in [1.807, 2.05) is 44.4 Å². The number of aryl methyl sites for hydroxylation is 3. The molecule has 0 amide bonds. The van der Waals surface area contributed by atoms with Crippen LogP contribution in [0.25, 0.3) is 5.78 Å². The first kappa shape index (κ1) is 20.1. The second kappa shape index (κ2) is 7.24. The lowest BCUT2D eigenvalue weighted by atomic mass is 10.2. The Labute approximate surface area is 173 Å². The highest BCUT2D eigenvalue weighted by Crippen LogP contribution is 2.30. The zero-order chi connectivity index (χ0) is 20.9. The summed E-state index contributed by atoms with van der Waals surface area (Å²) in [4.78, 5) is 21.6. The summed E-state index contributed by atoms with van der Waals surface area (Å²) in [5.74, 6) is 1.07. The van der Waals surface area contributed by atoms with Crippen molar-refractivity contribution >= 4 is 33.2 Å². The van der Waals surface area contributed by atoms with Gasteiger partial charge in [-0.2, -0.15) is 4.98 Å². The molecule has 4 heterocycles. The van der Waals surface area contributed by atoms with E-state index in [1.54, 1.807) is 4.52 Å². The molecule has 1 fully saturated rings. The predicted molar refractivity (Wildman–Crippen MR) is 112 cm³/mol. The average molecular weight is 434 g/mol. The summed E-state index contributed by atoms with van der Waals surface area (Å²) >= 11 is 1.28. The van der Waals surface area contributed by atoms with E-state index in [1.165, 1.54) is 11.8 Å². The van der Waals surface area contributed by atoms with Gasteiger partial charge in [-0.05, 0) is 46.2 Å². The van der Waals surface area contributed by atoms with Gasteiger partial charge in [0, 0.05) is 34.4 Å². The van der Waals surface area contributed by atoms with Crippen molar-refractivity contribution in [3.8, 4) is 0 Å². The van der Waals surface area contributed by atoms with Crippen LogP contribution in [-0.4, -0.2) is 55.6 Å². The Bertz CT molecular complexity index is 1230. The van der Waals surface area contributed by atoms with Gasteiger partial charge in [0.25, 0.3) is 5.78 Å². The molecule has 1 atom stereocenters. The number of fused-ring (bicyclic) bond motifs is 1. The zero-order valence-electron chi connectivity index (χ0n) is 16.8. The van der Waals surface area contributed by atoms with Crippen molar-refractivity contribution in [3.63, 3.8) is 0 Å². The summed E-state index contributed by atoms with van der Waals surface area (Å²) in [6.07, 6.45) is 0.595. The fourth-order valence-corrected chi connectivity index (χ4v) is 6.42. The van der Waals surface area contributed by atoms with Crippen molar-refractivity contribution < 1.29 is 13.2 Å². The van der Waals surface area contributed by atoms with Crippen molar-refractivity contribution in [3.05, 3.63) is 40.5 Å². The third-order valence-electron chi connectivity index (χ3n) is 5.29. The molecule has 0 aliphatic carbocycles. The number of Topliss-reactive ketones (excluding diaryl/α,β-unsaturated/α-hetero) is 1. The van der Waals surface area contributed by atoms with E-state index in [4.69, 9.17) is 0 Å². The topological polar surface area (TPSA) is 99.2 Å². The van der Waals surface area contributed by atoms with Crippen LogP contribution in [0.5, 0.6) is 0 Å². The quantitative estimate of drug-likeness (QED) is 0.450. The largest absolute Gasteiger partial charge is 0.344 e. The molecule has 0 N–H and O–H groups in total. The second-order valence-electron chi connectivity index (χ2n) is 7.57. The minimum atomic E-state index is -2.99. The van der Waals surface area contributed by atoms with Crippen LogP contribution in [0.3, 0.4) is 0 Å². The normalized spacial score (nSPS) is 18.6. The number of carbonyl (C=O) groups excluding carboxylic acids is 1. The smallest absolute Gasteiger partial charge is 0.253 e. The van der Waals surface area contributed by atoms with Gasteiger partial charge in [0.1, 0.15) is 0 Å². The molecule has 1 aliphatic heterocycles. The van der Waals surface area contributed by atoms with Gasteiger partial charge in [-0.3, -0.25) is 4.79 Å². The van der Waals surface area contributed by atoms with Crippen LogP contribution in [0.2, 0.25) is 0 Å². The van der Waals surface area contributed by atoms with Gasteiger partial charge in [0.15, 0.2) is 15.6 Å². The summed E-state index contributed by atoms with van der Waals surface area (Å²) < 4.78 is 27.4. The van der Waals surface area contributed by atoms with Gasteiger partial charge in [-0.1, -0.05) is 11.8 Å².